The molecule has 25 heavy (non-hydrogen) atoms. The zero-order chi connectivity index (χ0) is 18.1. The summed E-state index contributed by atoms with van der Waals surface area (Å²) < 4.78 is 5.19. The van der Waals surface area contributed by atoms with Crippen LogP contribution in [0.3, 0.4) is 0 Å². The number of aromatic nitrogens is 4. The van der Waals surface area contributed by atoms with Crippen molar-refractivity contribution in [1.29, 1.82) is 0 Å². The minimum Gasteiger partial charge on any atom is -0.322 e. The van der Waals surface area contributed by atoms with Gasteiger partial charge in [0.1, 0.15) is 5.82 Å². The van der Waals surface area contributed by atoms with Gasteiger partial charge in [-0.1, -0.05) is 24.1 Å². The molecular formula is C18H15IN4O2. The summed E-state index contributed by atoms with van der Waals surface area (Å²) in [6.45, 7) is -0.0692. The highest BCUT2D eigenvalue weighted by molar-refractivity contribution is 14.1. The quantitative estimate of drug-likeness (QED) is 0.456. The second kappa shape index (κ2) is 6.72. The normalized spacial score (nSPS) is 11.3. The number of nitrogens with zero attached hydrogens (tertiary/aromatic N) is 4. The number of imidazole rings is 1. The third kappa shape index (κ3) is 3.05. The van der Waals surface area contributed by atoms with Gasteiger partial charge in [0, 0.05) is 17.7 Å². The van der Waals surface area contributed by atoms with Gasteiger partial charge in [0.2, 0.25) is 0 Å². The first-order valence-electron chi connectivity index (χ1n) is 7.47. The van der Waals surface area contributed by atoms with Gasteiger partial charge in [0.25, 0.3) is 5.56 Å². The summed E-state index contributed by atoms with van der Waals surface area (Å²) in [7, 11) is 3.33. The molecule has 6 nitrogen and oxygen atoms in total. The number of hydrogen-bond donors (Lipinski definition) is 0. The van der Waals surface area contributed by atoms with E-state index in [0.29, 0.717) is 17.0 Å². The summed E-state index contributed by atoms with van der Waals surface area (Å²) in [5.41, 5.74) is 0.812. The standard InChI is InChI=1S/C18H15IN4O2/c1-4-10-23-17(24)15-16(22(3)18(23)25)20-14(21(15)2)9-8-12-6-5-7-13(19)11-12/h1,5-9,11H,10H2,2-3H3/b9-8+. The van der Waals surface area contributed by atoms with Crippen molar-refractivity contribution >= 4 is 45.9 Å². The van der Waals surface area contributed by atoms with E-state index in [2.05, 4.69) is 33.5 Å². The minimum atomic E-state index is -0.471. The predicted molar refractivity (Wildman–Crippen MR) is 107 cm³/mol. The number of aryl methyl sites for hydroxylation is 2. The molecule has 0 atom stereocenters. The predicted octanol–water partition coefficient (Wildman–Crippen LogP) is 1.84. The first-order chi connectivity index (χ1) is 11.9. The maximum Gasteiger partial charge on any atom is 0.333 e. The summed E-state index contributed by atoms with van der Waals surface area (Å²) in [4.78, 5) is 29.4. The van der Waals surface area contributed by atoms with Crippen molar-refractivity contribution in [1.82, 2.24) is 18.7 Å². The molecule has 3 rings (SSSR count). The van der Waals surface area contributed by atoms with E-state index in [9.17, 15) is 9.59 Å². The molecule has 0 radical (unpaired) electrons. The van der Waals surface area contributed by atoms with E-state index in [-0.39, 0.29) is 6.54 Å². The number of halogens is 1. The molecule has 0 N–H and O–H groups in total. The van der Waals surface area contributed by atoms with Crippen LogP contribution in [0.2, 0.25) is 0 Å². The lowest BCUT2D eigenvalue weighted by molar-refractivity contribution is 0.674. The van der Waals surface area contributed by atoms with Crippen LogP contribution in [0, 0.1) is 15.9 Å². The zero-order valence-corrected chi connectivity index (χ0v) is 15.9. The second-order valence-electron chi connectivity index (χ2n) is 5.53. The Bertz CT molecular complexity index is 1160. The van der Waals surface area contributed by atoms with Gasteiger partial charge < -0.3 is 4.57 Å². The Kier molecular flexibility index (Phi) is 4.63. The average molecular weight is 446 g/mol. The molecule has 7 heteroatoms. The molecule has 0 aliphatic heterocycles. The largest absolute Gasteiger partial charge is 0.333 e. The van der Waals surface area contributed by atoms with Gasteiger partial charge in [-0.15, -0.1) is 6.42 Å². The highest BCUT2D eigenvalue weighted by Crippen LogP contribution is 2.14. The van der Waals surface area contributed by atoms with Crippen LogP contribution >= 0.6 is 22.6 Å². The summed E-state index contributed by atoms with van der Waals surface area (Å²) in [6.07, 6.45) is 9.01. The molecule has 0 spiro atoms. The van der Waals surface area contributed by atoms with Crippen molar-refractivity contribution < 1.29 is 0 Å². The zero-order valence-electron chi connectivity index (χ0n) is 13.7. The Morgan fingerprint density at radius 2 is 2.00 bits per heavy atom. The number of terminal acetylenes is 1. The van der Waals surface area contributed by atoms with Crippen LogP contribution in [0.4, 0.5) is 0 Å². The first kappa shape index (κ1) is 17.2. The summed E-state index contributed by atoms with van der Waals surface area (Å²) in [5, 5.41) is 0. The number of benzene rings is 1. The molecule has 0 aliphatic carbocycles. The lowest BCUT2D eigenvalue weighted by Gasteiger charge is -2.05. The second-order valence-corrected chi connectivity index (χ2v) is 6.77. The highest BCUT2D eigenvalue weighted by Gasteiger charge is 2.16. The number of fused-ring (bicyclic) bond motifs is 1. The fourth-order valence-corrected chi connectivity index (χ4v) is 3.19. The van der Waals surface area contributed by atoms with Crippen LogP contribution in [0.15, 0.2) is 33.9 Å². The Balaban J connectivity index is 2.19. The van der Waals surface area contributed by atoms with Crippen LogP contribution in [0.1, 0.15) is 11.4 Å². The van der Waals surface area contributed by atoms with Gasteiger partial charge in [-0.25, -0.2) is 14.3 Å². The van der Waals surface area contributed by atoms with Crippen LogP contribution < -0.4 is 11.2 Å². The summed E-state index contributed by atoms with van der Waals surface area (Å²) in [6, 6.07) is 8.00. The third-order valence-corrected chi connectivity index (χ3v) is 4.59. The van der Waals surface area contributed by atoms with Gasteiger partial charge in [0.05, 0.1) is 6.54 Å². The first-order valence-corrected chi connectivity index (χ1v) is 8.55. The number of hydrogen-bond acceptors (Lipinski definition) is 3. The summed E-state index contributed by atoms with van der Waals surface area (Å²) in [5.74, 6) is 2.92. The molecule has 2 aromatic heterocycles. The van der Waals surface area contributed by atoms with Crippen molar-refractivity contribution in [3.63, 3.8) is 0 Å². The van der Waals surface area contributed by atoms with Crippen LogP contribution in [0.25, 0.3) is 23.3 Å². The third-order valence-electron chi connectivity index (χ3n) is 3.92. The molecule has 2 heterocycles. The van der Waals surface area contributed by atoms with E-state index < -0.39 is 11.2 Å². The molecule has 1 aromatic carbocycles. The lowest BCUT2D eigenvalue weighted by Crippen LogP contribution is -2.39. The maximum absolute atomic E-state index is 12.6. The van der Waals surface area contributed by atoms with Crippen LogP contribution in [-0.4, -0.2) is 18.7 Å². The van der Waals surface area contributed by atoms with Crippen molar-refractivity contribution in [2.45, 2.75) is 6.54 Å². The van der Waals surface area contributed by atoms with Crippen molar-refractivity contribution in [2.24, 2.45) is 14.1 Å². The fourth-order valence-electron chi connectivity index (χ4n) is 2.62. The van der Waals surface area contributed by atoms with E-state index in [1.807, 2.05) is 36.4 Å². The lowest BCUT2D eigenvalue weighted by atomic mass is 10.2. The van der Waals surface area contributed by atoms with Crippen LogP contribution in [0.5, 0.6) is 0 Å². The summed E-state index contributed by atoms with van der Waals surface area (Å²) >= 11 is 2.25. The number of rotatable bonds is 3. The molecule has 0 saturated carbocycles. The topological polar surface area (TPSA) is 61.8 Å². The molecule has 126 valence electrons. The molecule has 3 aromatic rings. The van der Waals surface area contributed by atoms with Gasteiger partial charge >= 0.3 is 5.69 Å². The Labute approximate surface area is 157 Å². The Morgan fingerprint density at radius 3 is 2.68 bits per heavy atom. The molecule has 0 fully saturated rings. The Morgan fingerprint density at radius 1 is 1.24 bits per heavy atom. The molecule has 0 unspecified atom stereocenters. The van der Waals surface area contributed by atoms with E-state index in [0.717, 1.165) is 13.7 Å². The van der Waals surface area contributed by atoms with E-state index >= 15 is 0 Å². The van der Waals surface area contributed by atoms with E-state index in [1.165, 1.54) is 4.57 Å². The molecule has 0 saturated heterocycles. The van der Waals surface area contributed by atoms with Gasteiger partial charge in [-0.05, 0) is 46.4 Å². The monoisotopic (exact) mass is 446 g/mol. The van der Waals surface area contributed by atoms with Gasteiger partial charge in [-0.3, -0.25) is 9.36 Å². The molecule has 0 amide bonds. The van der Waals surface area contributed by atoms with Crippen LogP contribution in [-0.2, 0) is 20.6 Å². The Hall–Kier alpha value is -2.60. The van der Waals surface area contributed by atoms with E-state index in [4.69, 9.17) is 6.42 Å². The SMILES string of the molecule is C#CCn1c(=O)c2c(nc(/C=C/c3cccc(I)c3)n2C)n(C)c1=O. The van der Waals surface area contributed by atoms with Crippen molar-refractivity contribution in [2.75, 3.05) is 0 Å². The molecular weight excluding hydrogens is 431 g/mol. The van der Waals surface area contributed by atoms with E-state index in [1.54, 1.807) is 18.7 Å². The average Bonchev–Trinajstić information content (AvgIpc) is 2.92. The van der Waals surface area contributed by atoms with Gasteiger partial charge in [-0.2, -0.15) is 0 Å². The van der Waals surface area contributed by atoms with Crippen molar-refractivity contribution in [3.8, 4) is 12.3 Å². The molecule has 0 bridgehead atoms. The molecule has 0 aliphatic rings. The highest BCUT2D eigenvalue weighted by atomic mass is 127. The maximum atomic E-state index is 12.6. The van der Waals surface area contributed by atoms with Gasteiger partial charge in [0.15, 0.2) is 11.2 Å². The fraction of sp³-hybridized carbons (Fsp3) is 0.167. The minimum absolute atomic E-state index is 0.0692. The van der Waals surface area contributed by atoms with Crippen molar-refractivity contribution in [3.05, 3.63) is 60.1 Å². The smallest absolute Gasteiger partial charge is 0.322 e.